The van der Waals surface area contributed by atoms with Crippen molar-refractivity contribution in [2.75, 3.05) is 13.1 Å². The molecule has 2 aliphatic rings. The number of rotatable bonds is 32. The molecule has 31 nitrogen and oxygen atoms in total. The third-order valence-corrected chi connectivity index (χ3v) is 12.8. The third-order valence-electron chi connectivity index (χ3n) is 12.8. The van der Waals surface area contributed by atoms with Crippen LogP contribution in [0.3, 0.4) is 0 Å². The number of hydrogen-bond acceptors (Lipinski definition) is 16. The lowest BCUT2D eigenvalue weighted by atomic mass is 9.99. The first-order valence-electron chi connectivity index (χ1n) is 25.5. The van der Waals surface area contributed by atoms with Gasteiger partial charge in [0.2, 0.25) is 70.9 Å². The van der Waals surface area contributed by atoms with Gasteiger partial charge >= 0.3 is 17.9 Å². The van der Waals surface area contributed by atoms with Gasteiger partial charge in [-0.1, -0.05) is 44.2 Å². The Morgan fingerprint density at radius 2 is 1.01 bits per heavy atom. The predicted octanol–water partition coefficient (Wildman–Crippen LogP) is -5.95. The van der Waals surface area contributed by atoms with Gasteiger partial charge in [0.15, 0.2) is 0 Å². The molecule has 1 aromatic rings. The Morgan fingerprint density at radius 1 is 0.537 bits per heavy atom. The standard InChI is InChI=1S/C49H71N13O18/c1-23(2)17-28(44(74)59-31(18-25-9-5-4-6-10-25)47(77)62-16-8-12-34(62)48(78)61-15-7-11-33(61)46(76)60-32(49(79)80)22-37(53)65)58-42(72)27(13-14-38(66)67)55-45(75)30(21-36(52)64)56-40(70)24(3)54-43(73)29(20-35(51)63)57-41(71)26(50)19-39(68)69/h4-6,9-10,23-24,26-34H,7-8,11-22,50H2,1-3H3,(H2,51,63)(H2,52,64)(H2,53,65)(H,54,73)(H,55,75)(H,56,70)(H,57,71)(H,58,72)(H,59,74)(H,60,76)(H,66,67)(H,68,69)(H,79,80)/t24-,26-,27-,28-,29-,30-,31-,32-,33-,34-/m0/s1. The van der Waals surface area contributed by atoms with Gasteiger partial charge in [0.1, 0.15) is 54.4 Å². The van der Waals surface area contributed by atoms with Crippen molar-refractivity contribution in [2.45, 2.75) is 158 Å². The second-order valence-electron chi connectivity index (χ2n) is 19.8. The Bertz CT molecular complexity index is 2510. The highest BCUT2D eigenvalue weighted by molar-refractivity contribution is 6.00. The third kappa shape index (κ3) is 20.9. The van der Waals surface area contributed by atoms with E-state index in [1.807, 2.05) is 0 Å². The Morgan fingerprint density at radius 3 is 1.55 bits per heavy atom. The molecule has 12 amide bonds. The average Bonchev–Trinajstić information content (AvgIpc) is 4.07. The average molecular weight is 1130 g/mol. The molecule has 0 unspecified atom stereocenters. The first kappa shape index (κ1) is 65.5. The summed E-state index contributed by atoms with van der Waals surface area (Å²) in [5.74, 6) is -17.0. The number of carboxylic acid groups (broad SMARTS) is 3. The van der Waals surface area contributed by atoms with Gasteiger partial charge in [-0.25, -0.2) is 4.79 Å². The van der Waals surface area contributed by atoms with E-state index in [1.54, 1.807) is 44.2 Å². The zero-order valence-corrected chi connectivity index (χ0v) is 44.3. The van der Waals surface area contributed by atoms with Crippen molar-refractivity contribution < 1.29 is 87.2 Å². The molecule has 80 heavy (non-hydrogen) atoms. The number of aliphatic carboxylic acids is 3. The Balaban J connectivity index is 1.87. The van der Waals surface area contributed by atoms with Crippen molar-refractivity contribution in [3.05, 3.63) is 35.9 Å². The van der Waals surface area contributed by atoms with Gasteiger partial charge in [0.05, 0.1) is 31.7 Å². The van der Waals surface area contributed by atoms with E-state index in [0.29, 0.717) is 18.4 Å². The summed E-state index contributed by atoms with van der Waals surface area (Å²) in [7, 11) is 0. The predicted molar refractivity (Wildman–Crippen MR) is 274 cm³/mol. The van der Waals surface area contributed by atoms with Crippen LogP contribution in [0.4, 0.5) is 0 Å². The SMILES string of the molecule is CC(C)C[C@H](NC(=O)[C@H](CCC(=O)O)NC(=O)[C@H](CC(N)=O)NC(=O)[C@H](C)NC(=O)[C@H](CC(N)=O)NC(=O)[C@@H](N)CC(=O)O)C(=O)N[C@@H](Cc1ccccc1)C(=O)N1CCC[C@H]1C(=O)N1CCC[C@H]1C(=O)N[C@@H](CC(N)=O)C(=O)O. The van der Waals surface area contributed by atoms with Crippen LogP contribution in [0.15, 0.2) is 30.3 Å². The molecule has 0 saturated carbocycles. The highest BCUT2D eigenvalue weighted by Gasteiger charge is 2.45. The fraction of sp³-hybridized carbons (Fsp3) is 0.571. The van der Waals surface area contributed by atoms with Gasteiger partial charge in [0, 0.05) is 25.9 Å². The maximum Gasteiger partial charge on any atom is 0.326 e. The largest absolute Gasteiger partial charge is 0.481 e. The van der Waals surface area contributed by atoms with Crippen molar-refractivity contribution >= 4 is 88.8 Å². The minimum atomic E-state index is -1.90. The number of amides is 12. The summed E-state index contributed by atoms with van der Waals surface area (Å²) in [6.07, 6.45) is -3.92. The monoisotopic (exact) mass is 1130 g/mol. The fourth-order valence-electron chi connectivity index (χ4n) is 8.81. The summed E-state index contributed by atoms with van der Waals surface area (Å²) in [5.41, 5.74) is 21.9. The van der Waals surface area contributed by atoms with Crippen LogP contribution >= 0.6 is 0 Å². The van der Waals surface area contributed by atoms with E-state index in [1.165, 1.54) is 9.80 Å². The number of benzene rings is 1. The van der Waals surface area contributed by atoms with Crippen LogP contribution in [0.2, 0.25) is 0 Å². The zero-order valence-electron chi connectivity index (χ0n) is 44.3. The van der Waals surface area contributed by atoms with Crippen molar-refractivity contribution in [1.82, 2.24) is 47.0 Å². The van der Waals surface area contributed by atoms with Crippen LogP contribution in [0.5, 0.6) is 0 Å². The van der Waals surface area contributed by atoms with Crippen molar-refractivity contribution in [2.24, 2.45) is 28.9 Å². The molecule has 3 rings (SSSR count). The summed E-state index contributed by atoms with van der Waals surface area (Å²) >= 11 is 0. The van der Waals surface area contributed by atoms with E-state index in [9.17, 15) is 82.1 Å². The molecule has 18 N–H and O–H groups in total. The number of likely N-dealkylation sites (tertiary alicyclic amines) is 2. The molecule has 0 radical (unpaired) electrons. The minimum Gasteiger partial charge on any atom is -0.481 e. The number of carbonyl (C=O) groups is 15. The summed E-state index contributed by atoms with van der Waals surface area (Å²) in [4.78, 5) is 196. The highest BCUT2D eigenvalue weighted by Crippen LogP contribution is 2.26. The Kier molecular flexibility index (Phi) is 25.4. The lowest BCUT2D eigenvalue weighted by Gasteiger charge is -2.33. The molecule has 2 heterocycles. The van der Waals surface area contributed by atoms with Crippen molar-refractivity contribution in [3.8, 4) is 0 Å². The Hall–Kier alpha value is -8.77. The van der Waals surface area contributed by atoms with Crippen molar-refractivity contribution in [3.63, 3.8) is 0 Å². The molecule has 31 heteroatoms. The number of primary amides is 3. The van der Waals surface area contributed by atoms with Crippen LogP contribution in [-0.2, 0) is 78.3 Å². The van der Waals surface area contributed by atoms with E-state index in [4.69, 9.17) is 28.0 Å². The number of nitrogens with two attached hydrogens (primary N) is 4. The number of nitrogens with one attached hydrogen (secondary N) is 7. The maximum absolute atomic E-state index is 14.7. The lowest BCUT2D eigenvalue weighted by Crippen LogP contribution is -2.61. The quantitative estimate of drug-likeness (QED) is 0.0319. The molecule has 0 aliphatic carbocycles. The first-order chi connectivity index (χ1) is 37.5. The molecule has 0 bridgehead atoms. The number of carboxylic acids is 3. The van der Waals surface area contributed by atoms with Crippen LogP contribution in [0.25, 0.3) is 0 Å². The smallest absolute Gasteiger partial charge is 0.326 e. The van der Waals surface area contributed by atoms with Gasteiger partial charge in [-0.15, -0.1) is 0 Å². The number of hydrogen-bond donors (Lipinski definition) is 14. The van der Waals surface area contributed by atoms with E-state index < -0.39 is 188 Å². The van der Waals surface area contributed by atoms with Gasteiger partial charge in [-0.2, -0.15) is 0 Å². The van der Waals surface area contributed by atoms with Crippen molar-refractivity contribution in [1.29, 1.82) is 0 Å². The van der Waals surface area contributed by atoms with E-state index in [2.05, 4.69) is 37.2 Å². The number of carbonyl (C=O) groups excluding carboxylic acids is 12. The molecular formula is C49H71N13O18. The summed E-state index contributed by atoms with van der Waals surface area (Å²) in [5, 5.41) is 44.3. The molecule has 0 spiro atoms. The molecule has 440 valence electrons. The number of nitrogens with zero attached hydrogens (tertiary/aromatic N) is 2. The molecule has 0 aromatic heterocycles. The van der Waals surface area contributed by atoms with E-state index in [-0.39, 0.29) is 44.7 Å². The summed E-state index contributed by atoms with van der Waals surface area (Å²) in [6.45, 7) is 4.60. The van der Waals surface area contributed by atoms with Gasteiger partial charge in [-0.3, -0.25) is 67.1 Å². The molecule has 1 aromatic carbocycles. The second-order valence-corrected chi connectivity index (χ2v) is 19.8. The van der Waals surface area contributed by atoms with Gasteiger partial charge < -0.3 is 85.3 Å². The zero-order chi connectivity index (χ0) is 60.1. The second kappa shape index (κ2) is 31.0. The topological polar surface area (TPSA) is 512 Å². The first-order valence-corrected chi connectivity index (χ1v) is 25.5. The van der Waals surface area contributed by atoms with Crippen LogP contribution in [-0.4, -0.2) is 187 Å². The van der Waals surface area contributed by atoms with E-state index >= 15 is 0 Å². The molecule has 2 aliphatic heterocycles. The van der Waals surface area contributed by atoms with Gasteiger partial charge in [0.25, 0.3) is 0 Å². The molecule has 2 fully saturated rings. The Labute approximate surface area is 458 Å². The normalized spacial score (nSPS) is 17.8. The van der Waals surface area contributed by atoms with Crippen LogP contribution < -0.4 is 60.2 Å². The fourth-order valence-corrected chi connectivity index (χ4v) is 8.81. The van der Waals surface area contributed by atoms with Crippen LogP contribution in [0.1, 0.15) is 97.0 Å². The highest BCUT2D eigenvalue weighted by atomic mass is 16.4. The minimum absolute atomic E-state index is 0.0485. The van der Waals surface area contributed by atoms with E-state index in [0.717, 1.165) is 6.92 Å². The molecule has 10 atom stereocenters. The summed E-state index contributed by atoms with van der Waals surface area (Å²) in [6, 6.07) is -7.10. The molecular weight excluding hydrogens is 1060 g/mol. The molecule has 2 saturated heterocycles. The lowest BCUT2D eigenvalue weighted by molar-refractivity contribution is -0.149. The summed E-state index contributed by atoms with van der Waals surface area (Å²) < 4.78 is 0. The van der Waals surface area contributed by atoms with Gasteiger partial charge in [-0.05, 0) is 56.9 Å². The van der Waals surface area contributed by atoms with Crippen LogP contribution in [0, 0.1) is 5.92 Å². The maximum atomic E-state index is 14.7.